The summed E-state index contributed by atoms with van der Waals surface area (Å²) in [5.74, 6) is 0.705. The fourth-order valence-electron chi connectivity index (χ4n) is 4.96. The van der Waals surface area contributed by atoms with Gasteiger partial charge in [-0.05, 0) is 90.6 Å². The molecule has 7 nitrogen and oxygen atoms in total. The number of hydrogen-bond donors (Lipinski definition) is 1. The van der Waals surface area contributed by atoms with Crippen LogP contribution in [-0.2, 0) is 16.6 Å². The number of rotatable bonds is 5. The molecule has 0 atom stereocenters. The quantitative estimate of drug-likeness (QED) is 0.347. The Balaban J connectivity index is 1.84. The van der Waals surface area contributed by atoms with Crippen LogP contribution in [0.25, 0.3) is 22.0 Å². The number of aromatic nitrogens is 2. The second kappa shape index (κ2) is 9.41. The highest BCUT2D eigenvalue weighted by atomic mass is 32.2. The lowest BCUT2D eigenvalue weighted by Crippen LogP contribution is -2.09. The Morgan fingerprint density at radius 3 is 2.68 bits per heavy atom. The molecular weight excluding hydrogens is 484 g/mol. The van der Waals surface area contributed by atoms with E-state index in [1.807, 2.05) is 41.2 Å². The Kier molecular flexibility index (Phi) is 6.26. The van der Waals surface area contributed by atoms with E-state index in [1.54, 1.807) is 12.1 Å². The standard InChI is InChI=1S/C29H28N4O3S/c1-5-24(20-7-6-8-23(12-20)32-37(4,34)35)29-25-13-21-16-31-33(18(2)3)27(21)14-22(25)17-36-28-10-9-19(15-30)11-26(28)29/h6-14,16,18,32H,5,17H2,1-4H3/b29-24-. The zero-order chi connectivity index (χ0) is 26.3. The first-order valence-electron chi connectivity index (χ1n) is 12.2. The molecule has 0 saturated heterocycles. The molecule has 4 aromatic rings. The van der Waals surface area contributed by atoms with Crippen molar-refractivity contribution in [3.63, 3.8) is 0 Å². The van der Waals surface area contributed by atoms with Gasteiger partial charge in [0.15, 0.2) is 0 Å². The maximum atomic E-state index is 11.9. The van der Waals surface area contributed by atoms with Crippen molar-refractivity contribution < 1.29 is 13.2 Å². The van der Waals surface area contributed by atoms with Gasteiger partial charge in [0, 0.05) is 22.7 Å². The van der Waals surface area contributed by atoms with Gasteiger partial charge in [-0.3, -0.25) is 9.40 Å². The van der Waals surface area contributed by atoms with Gasteiger partial charge in [-0.2, -0.15) is 10.4 Å². The number of nitrogens with one attached hydrogen (secondary N) is 1. The van der Waals surface area contributed by atoms with Crippen LogP contribution in [0.1, 0.15) is 61.1 Å². The minimum atomic E-state index is -3.42. The van der Waals surface area contributed by atoms with Crippen LogP contribution in [0.3, 0.4) is 0 Å². The smallest absolute Gasteiger partial charge is 0.229 e. The largest absolute Gasteiger partial charge is 0.488 e. The van der Waals surface area contributed by atoms with Gasteiger partial charge < -0.3 is 4.74 Å². The van der Waals surface area contributed by atoms with Crippen LogP contribution in [-0.4, -0.2) is 24.5 Å². The molecule has 8 heteroatoms. The van der Waals surface area contributed by atoms with Gasteiger partial charge in [0.05, 0.1) is 29.6 Å². The summed E-state index contributed by atoms with van der Waals surface area (Å²) in [5, 5.41) is 15.3. The highest BCUT2D eigenvalue weighted by Crippen LogP contribution is 2.44. The Labute approximate surface area is 217 Å². The molecule has 0 aliphatic carbocycles. The summed E-state index contributed by atoms with van der Waals surface area (Å²) in [6.45, 7) is 6.66. The molecule has 0 unspecified atom stereocenters. The summed E-state index contributed by atoms with van der Waals surface area (Å²) in [4.78, 5) is 0. The minimum Gasteiger partial charge on any atom is -0.488 e. The number of nitriles is 1. The van der Waals surface area contributed by atoms with E-state index >= 15 is 0 Å². The minimum absolute atomic E-state index is 0.212. The van der Waals surface area contributed by atoms with E-state index in [0.717, 1.165) is 50.6 Å². The predicted molar refractivity (Wildman–Crippen MR) is 147 cm³/mol. The van der Waals surface area contributed by atoms with Crippen molar-refractivity contribution in [3.8, 4) is 11.8 Å². The third-order valence-electron chi connectivity index (χ3n) is 6.51. The molecule has 0 amide bonds. The first-order chi connectivity index (χ1) is 17.7. The topological polar surface area (TPSA) is 97.0 Å². The average molecular weight is 513 g/mol. The van der Waals surface area contributed by atoms with Crippen LogP contribution in [0.4, 0.5) is 5.69 Å². The van der Waals surface area contributed by atoms with Crippen molar-refractivity contribution in [1.29, 1.82) is 5.26 Å². The highest BCUT2D eigenvalue weighted by molar-refractivity contribution is 7.92. The summed E-state index contributed by atoms with van der Waals surface area (Å²) in [5.41, 5.74) is 7.85. The molecule has 1 N–H and O–H groups in total. The number of nitrogens with zero attached hydrogens (tertiary/aromatic N) is 3. The molecule has 3 aromatic carbocycles. The van der Waals surface area contributed by atoms with E-state index in [2.05, 4.69) is 48.8 Å². The Morgan fingerprint density at radius 1 is 1.16 bits per heavy atom. The van der Waals surface area contributed by atoms with Gasteiger partial charge in [-0.15, -0.1) is 0 Å². The normalized spacial score (nSPS) is 14.4. The van der Waals surface area contributed by atoms with Crippen LogP contribution in [0.2, 0.25) is 0 Å². The van der Waals surface area contributed by atoms with E-state index in [1.165, 1.54) is 0 Å². The third kappa shape index (κ3) is 4.70. The number of anilines is 1. The molecule has 1 aliphatic rings. The summed E-state index contributed by atoms with van der Waals surface area (Å²) in [6.07, 6.45) is 3.70. The van der Waals surface area contributed by atoms with E-state index < -0.39 is 10.0 Å². The summed E-state index contributed by atoms with van der Waals surface area (Å²) in [7, 11) is -3.42. The molecule has 0 fully saturated rings. The van der Waals surface area contributed by atoms with Crippen LogP contribution in [0.15, 0.2) is 60.8 Å². The van der Waals surface area contributed by atoms with Crippen LogP contribution >= 0.6 is 0 Å². The van der Waals surface area contributed by atoms with Gasteiger partial charge in [0.25, 0.3) is 0 Å². The summed E-state index contributed by atoms with van der Waals surface area (Å²) < 4.78 is 34.7. The maximum Gasteiger partial charge on any atom is 0.229 e. The van der Waals surface area contributed by atoms with Crippen molar-refractivity contribution in [2.75, 3.05) is 11.0 Å². The van der Waals surface area contributed by atoms with E-state index in [0.29, 0.717) is 30.0 Å². The number of allylic oxidation sites excluding steroid dienone is 1. The Bertz CT molecular complexity index is 1710. The van der Waals surface area contributed by atoms with Gasteiger partial charge in [-0.1, -0.05) is 19.1 Å². The molecule has 2 heterocycles. The zero-order valence-electron chi connectivity index (χ0n) is 21.2. The lowest BCUT2D eigenvalue weighted by molar-refractivity contribution is 0.307. The second-order valence-corrected chi connectivity index (χ2v) is 11.3. The van der Waals surface area contributed by atoms with Crippen molar-refractivity contribution in [2.45, 2.75) is 39.8 Å². The first-order valence-corrected chi connectivity index (χ1v) is 14.1. The molecule has 0 spiro atoms. The SMILES string of the molecule is CC/C(=C1\c2cc3cnn(C(C)C)c3cc2COc2ccc(C#N)cc21)c1cccc(NS(C)(=O)=O)c1. The second-order valence-electron chi connectivity index (χ2n) is 9.52. The number of ether oxygens (including phenoxy) is 1. The van der Waals surface area contributed by atoms with Crippen molar-refractivity contribution in [1.82, 2.24) is 9.78 Å². The van der Waals surface area contributed by atoms with Gasteiger partial charge in [-0.25, -0.2) is 8.42 Å². The molecule has 5 rings (SSSR count). The summed E-state index contributed by atoms with van der Waals surface area (Å²) >= 11 is 0. The van der Waals surface area contributed by atoms with E-state index in [9.17, 15) is 13.7 Å². The third-order valence-corrected chi connectivity index (χ3v) is 7.12. The van der Waals surface area contributed by atoms with Gasteiger partial charge >= 0.3 is 0 Å². The molecule has 1 aromatic heterocycles. The monoisotopic (exact) mass is 512 g/mol. The summed E-state index contributed by atoms with van der Waals surface area (Å²) in [6, 6.07) is 19.6. The van der Waals surface area contributed by atoms with Crippen molar-refractivity contribution in [3.05, 3.63) is 88.6 Å². The first kappa shape index (κ1) is 24.6. The maximum absolute atomic E-state index is 11.9. The average Bonchev–Trinajstić information content (AvgIpc) is 3.21. The molecule has 37 heavy (non-hydrogen) atoms. The van der Waals surface area contributed by atoms with E-state index in [4.69, 9.17) is 4.74 Å². The van der Waals surface area contributed by atoms with Crippen LogP contribution in [0, 0.1) is 11.3 Å². The lowest BCUT2D eigenvalue weighted by atomic mass is 9.85. The Morgan fingerprint density at radius 2 is 1.97 bits per heavy atom. The number of sulfonamides is 1. The predicted octanol–water partition coefficient (Wildman–Crippen LogP) is 6.12. The van der Waals surface area contributed by atoms with E-state index in [-0.39, 0.29) is 6.04 Å². The molecule has 0 saturated carbocycles. The number of benzene rings is 3. The van der Waals surface area contributed by atoms with Crippen molar-refractivity contribution in [2.24, 2.45) is 0 Å². The van der Waals surface area contributed by atoms with Gasteiger partial charge in [0.1, 0.15) is 12.4 Å². The molecule has 0 radical (unpaired) electrons. The number of fused-ring (bicyclic) bond motifs is 3. The van der Waals surface area contributed by atoms with Crippen LogP contribution < -0.4 is 9.46 Å². The van der Waals surface area contributed by atoms with Gasteiger partial charge in [0.2, 0.25) is 10.0 Å². The lowest BCUT2D eigenvalue weighted by Gasteiger charge is -2.18. The molecular formula is C29H28N4O3S. The molecule has 1 aliphatic heterocycles. The van der Waals surface area contributed by atoms with Crippen LogP contribution in [0.5, 0.6) is 5.75 Å². The molecule has 188 valence electrons. The zero-order valence-corrected chi connectivity index (χ0v) is 22.1. The Hall–Kier alpha value is -4.09. The fraction of sp³-hybridized carbons (Fsp3) is 0.241. The number of hydrogen-bond acceptors (Lipinski definition) is 5. The highest BCUT2D eigenvalue weighted by Gasteiger charge is 2.25. The van der Waals surface area contributed by atoms with Crippen molar-refractivity contribution >= 4 is 37.8 Å². The fourth-order valence-corrected chi connectivity index (χ4v) is 5.51. The molecule has 0 bridgehead atoms.